The van der Waals surface area contributed by atoms with E-state index >= 15 is 0 Å². The van der Waals surface area contributed by atoms with Gasteiger partial charge in [-0.25, -0.2) is 9.78 Å². The number of carboxylic acid groups (broad SMARTS) is 2. The van der Waals surface area contributed by atoms with Gasteiger partial charge in [-0.15, -0.1) is 0 Å². The van der Waals surface area contributed by atoms with Crippen LogP contribution < -0.4 is 27.4 Å². The Bertz CT molecular complexity index is 911. The van der Waals surface area contributed by atoms with Gasteiger partial charge in [0, 0.05) is 18.3 Å². The number of hydrogen-bond donors (Lipinski definition) is 8. The van der Waals surface area contributed by atoms with Crippen LogP contribution in [0.4, 0.5) is 0 Å². The summed E-state index contributed by atoms with van der Waals surface area (Å²) in [5.41, 5.74) is 11.6. The molecule has 4 atom stereocenters. The molecule has 0 saturated carbocycles. The van der Waals surface area contributed by atoms with Crippen molar-refractivity contribution in [2.24, 2.45) is 11.5 Å². The van der Waals surface area contributed by atoms with E-state index in [4.69, 9.17) is 21.7 Å². The predicted octanol–water partition coefficient (Wildman–Crippen LogP) is -3.08. The fourth-order valence-corrected chi connectivity index (χ4v) is 3.31. The van der Waals surface area contributed by atoms with Gasteiger partial charge in [-0.1, -0.05) is 0 Å². The standard InChI is InChI=1S/C19H29N7O8S/c1-35-3-2-11(24-16(30)10(20)4-9-7-22-8-23-9)17(31)25-12(5-14(21)27)18(32)26-13(19(33)34)6-15(28)29/h7-8,10-13H,2-6,20H2,1H3,(H2,21,27)(H,22,23)(H,24,30)(H,25,31)(H,26,32)(H,28,29)(H,33,34). The number of carboxylic acids is 2. The van der Waals surface area contributed by atoms with Gasteiger partial charge in [0.1, 0.15) is 18.1 Å². The Morgan fingerprint density at radius 1 is 1.00 bits per heavy atom. The molecular formula is C19H29N7O8S. The Kier molecular flexibility index (Phi) is 12.2. The zero-order chi connectivity index (χ0) is 26.5. The quantitative estimate of drug-likeness (QED) is 0.109. The maximum atomic E-state index is 12.9. The van der Waals surface area contributed by atoms with Gasteiger partial charge >= 0.3 is 11.9 Å². The third-order valence-electron chi connectivity index (χ3n) is 4.61. The maximum absolute atomic E-state index is 12.9. The van der Waals surface area contributed by atoms with Crippen molar-refractivity contribution < 1.29 is 39.0 Å². The van der Waals surface area contributed by atoms with Crippen LogP contribution in [-0.4, -0.2) is 91.9 Å². The summed E-state index contributed by atoms with van der Waals surface area (Å²) >= 11 is 1.39. The first-order chi connectivity index (χ1) is 16.4. The van der Waals surface area contributed by atoms with Crippen molar-refractivity contribution in [3.8, 4) is 0 Å². The average molecular weight is 516 g/mol. The van der Waals surface area contributed by atoms with Gasteiger partial charge in [-0.3, -0.25) is 24.0 Å². The molecule has 194 valence electrons. The molecule has 1 heterocycles. The number of nitrogens with one attached hydrogen (secondary N) is 4. The van der Waals surface area contributed by atoms with Gasteiger partial charge in [-0.2, -0.15) is 11.8 Å². The summed E-state index contributed by atoms with van der Waals surface area (Å²) in [6.45, 7) is 0. The number of H-pyrrole nitrogens is 1. The molecule has 0 fully saturated rings. The Balaban J connectivity index is 2.94. The van der Waals surface area contributed by atoms with E-state index in [1.165, 1.54) is 24.3 Å². The number of rotatable bonds is 16. The monoisotopic (exact) mass is 515 g/mol. The van der Waals surface area contributed by atoms with Crippen molar-refractivity contribution in [1.29, 1.82) is 0 Å². The number of carbonyl (C=O) groups excluding carboxylic acids is 4. The first-order valence-electron chi connectivity index (χ1n) is 10.3. The predicted molar refractivity (Wildman–Crippen MR) is 123 cm³/mol. The van der Waals surface area contributed by atoms with E-state index in [0.29, 0.717) is 11.4 Å². The molecule has 1 aromatic rings. The highest BCUT2D eigenvalue weighted by Crippen LogP contribution is 2.05. The molecule has 1 aromatic heterocycles. The van der Waals surface area contributed by atoms with Crippen LogP contribution in [0.5, 0.6) is 0 Å². The van der Waals surface area contributed by atoms with Crippen LogP contribution in [0.25, 0.3) is 0 Å². The summed E-state index contributed by atoms with van der Waals surface area (Å²) in [7, 11) is 0. The van der Waals surface area contributed by atoms with Crippen molar-refractivity contribution in [3.05, 3.63) is 18.2 Å². The van der Waals surface area contributed by atoms with Crippen LogP contribution in [0.1, 0.15) is 25.0 Å². The molecule has 10 N–H and O–H groups in total. The first-order valence-corrected chi connectivity index (χ1v) is 11.7. The average Bonchev–Trinajstić information content (AvgIpc) is 3.27. The molecule has 35 heavy (non-hydrogen) atoms. The van der Waals surface area contributed by atoms with Crippen LogP contribution in [0, 0.1) is 0 Å². The van der Waals surface area contributed by atoms with Crippen LogP contribution >= 0.6 is 11.8 Å². The third-order valence-corrected chi connectivity index (χ3v) is 5.25. The van der Waals surface area contributed by atoms with Gasteiger partial charge in [-0.05, 0) is 18.4 Å². The summed E-state index contributed by atoms with van der Waals surface area (Å²) in [5.74, 6) is -6.27. The number of imidazole rings is 1. The zero-order valence-corrected chi connectivity index (χ0v) is 19.7. The minimum atomic E-state index is -1.81. The Hall–Kier alpha value is -3.66. The molecule has 4 amide bonds. The van der Waals surface area contributed by atoms with Gasteiger partial charge in [0.15, 0.2) is 0 Å². The number of amides is 4. The molecule has 0 aromatic carbocycles. The second-order valence-corrected chi connectivity index (χ2v) is 8.44. The second kappa shape index (κ2) is 14.6. The molecule has 0 aliphatic carbocycles. The SMILES string of the molecule is CSCCC(NC(=O)C(N)Cc1cnc[nH]1)C(=O)NC(CC(N)=O)C(=O)NC(CC(=O)O)C(=O)O. The number of carbonyl (C=O) groups is 6. The van der Waals surface area contributed by atoms with Gasteiger partial charge < -0.3 is 42.6 Å². The summed E-state index contributed by atoms with van der Waals surface area (Å²) in [6, 6.07) is -5.57. The molecule has 0 radical (unpaired) electrons. The lowest BCUT2D eigenvalue weighted by atomic mass is 10.1. The number of hydrogen-bond acceptors (Lipinski definition) is 9. The highest BCUT2D eigenvalue weighted by molar-refractivity contribution is 7.98. The summed E-state index contributed by atoms with van der Waals surface area (Å²) in [5, 5.41) is 24.7. The van der Waals surface area contributed by atoms with Gasteiger partial charge in [0.2, 0.25) is 23.6 Å². The van der Waals surface area contributed by atoms with E-state index in [9.17, 15) is 28.8 Å². The maximum Gasteiger partial charge on any atom is 0.326 e. The van der Waals surface area contributed by atoms with E-state index in [0.717, 1.165) is 0 Å². The molecule has 4 unspecified atom stereocenters. The normalized spacial score (nSPS) is 14.1. The zero-order valence-electron chi connectivity index (χ0n) is 18.9. The van der Waals surface area contributed by atoms with Crippen LogP contribution in [0.15, 0.2) is 12.5 Å². The van der Waals surface area contributed by atoms with E-state index in [-0.39, 0.29) is 12.8 Å². The number of nitrogens with zero attached hydrogens (tertiary/aromatic N) is 1. The number of nitrogens with two attached hydrogens (primary N) is 2. The van der Waals surface area contributed by atoms with E-state index < -0.39 is 72.6 Å². The van der Waals surface area contributed by atoms with Crippen molar-refractivity contribution in [2.75, 3.05) is 12.0 Å². The highest BCUT2D eigenvalue weighted by Gasteiger charge is 2.32. The van der Waals surface area contributed by atoms with Crippen molar-refractivity contribution >= 4 is 47.3 Å². The Morgan fingerprint density at radius 2 is 1.60 bits per heavy atom. The number of thioether (sulfide) groups is 1. The molecule has 1 rings (SSSR count). The molecule has 16 heteroatoms. The topological polar surface area (TPSA) is 260 Å². The fraction of sp³-hybridized carbons (Fsp3) is 0.526. The first kappa shape index (κ1) is 29.4. The number of aliphatic carboxylic acids is 2. The molecule has 0 bridgehead atoms. The van der Waals surface area contributed by atoms with Crippen molar-refractivity contribution in [2.45, 2.75) is 49.9 Å². The lowest BCUT2D eigenvalue weighted by Gasteiger charge is -2.24. The summed E-state index contributed by atoms with van der Waals surface area (Å²) in [6.07, 6.45) is 3.33. The smallest absolute Gasteiger partial charge is 0.326 e. The van der Waals surface area contributed by atoms with Crippen LogP contribution in [-0.2, 0) is 35.2 Å². The lowest BCUT2D eigenvalue weighted by Crippen LogP contribution is -2.58. The minimum Gasteiger partial charge on any atom is -0.481 e. The van der Waals surface area contributed by atoms with Gasteiger partial charge in [0.25, 0.3) is 0 Å². The molecule has 0 saturated heterocycles. The number of primary amides is 1. The molecule has 0 spiro atoms. The third kappa shape index (κ3) is 10.9. The van der Waals surface area contributed by atoms with E-state index in [2.05, 4.69) is 20.6 Å². The molecule has 15 nitrogen and oxygen atoms in total. The highest BCUT2D eigenvalue weighted by atomic mass is 32.2. The largest absolute Gasteiger partial charge is 0.481 e. The van der Waals surface area contributed by atoms with Gasteiger partial charge in [0.05, 0.1) is 25.2 Å². The number of aromatic amines is 1. The van der Waals surface area contributed by atoms with Crippen LogP contribution in [0.2, 0.25) is 0 Å². The van der Waals surface area contributed by atoms with E-state index in [1.807, 2.05) is 5.32 Å². The van der Waals surface area contributed by atoms with Crippen molar-refractivity contribution in [3.63, 3.8) is 0 Å². The molecule has 0 aliphatic rings. The van der Waals surface area contributed by atoms with Crippen molar-refractivity contribution in [1.82, 2.24) is 25.9 Å². The fourth-order valence-electron chi connectivity index (χ4n) is 2.84. The Labute approximate surface area is 204 Å². The minimum absolute atomic E-state index is 0.121. The summed E-state index contributed by atoms with van der Waals surface area (Å²) < 4.78 is 0. The lowest BCUT2D eigenvalue weighted by molar-refractivity contribution is -0.147. The van der Waals surface area contributed by atoms with E-state index in [1.54, 1.807) is 6.26 Å². The Morgan fingerprint density at radius 3 is 2.11 bits per heavy atom. The molecular weight excluding hydrogens is 486 g/mol. The molecule has 0 aliphatic heterocycles. The number of aromatic nitrogens is 2. The van der Waals surface area contributed by atoms with Crippen LogP contribution in [0.3, 0.4) is 0 Å². The summed E-state index contributed by atoms with van der Waals surface area (Å²) in [4.78, 5) is 78.1. The second-order valence-electron chi connectivity index (χ2n) is 7.46.